The first-order valence-corrected chi connectivity index (χ1v) is 7.52. The zero-order valence-corrected chi connectivity index (χ0v) is 13.0. The first-order valence-electron chi connectivity index (χ1n) is 7.14. The number of nitrogens with zero attached hydrogens (tertiary/aromatic N) is 3. The van der Waals surface area contributed by atoms with E-state index in [4.69, 9.17) is 11.6 Å². The summed E-state index contributed by atoms with van der Waals surface area (Å²) in [5, 5.41) is 5.24. The summed E-state index contributed by atoms with van der Waals surface area (Å²) < 4.78 is 1.86. The van der Waals surface area contributed by atoms with Gasteiger partial charge in [-0.25, -0.2) is 0 Å². The smallest absolute Gasteiger partial charge is 0.257 e. The van der Waals surface area contributed by atoms with E-state index in [9.17, 15) is 4.79 Å². The molecule has 0 aliphatic carbocycles. The van der Waals surface area contributed by atoms with Crippen LogP contribution >= 0.6 is 11.6 Å². The van der Waals surface area contributed by atoms with Crippen molar-refractivity contribution in [2.75, 3.05) is 13.1 Å². The molecule has 1 fully saturated rings. The Kier molecular flexibility index (Phi) is 3.72. The maximum Gasteiger partial charge on any atom is 0.257 e. The summed E-state index contributed by atoms with van der Waals surface area (Å²) in [4.78, 5) is 14.3. The van der Waals surface area contributed by atoms with Crippen LogP contribution in [0.25, 0.3) is 0 Å². The zero-order chi connectivity index (χ0) is 15.0. The molecule has 2 aromatic rings. The lowest BCUT2D eigenvalue weighted by Crippen LogP contribution is -2.42. The van der Waals surface area contributed by atoms with Gasteiger partial charge in [0, 0.05) is 23.8 Å². The molecule has 0 radical (unpaired) electrons. The van der Waals surface area contributed by atoms with Crippen LogP contribution in [-0.2, 0) is 6.54 Å². The third-order valence-corrected chi connectivity index (χ3v) is 4.39. The third-order valence-electron chi connectivity index (χ3n) is 4.02. The number of hydrogen-bond acceptors (Lipinski definition) is 2. The number of amides is 1. The SMILES string of the molecule is Cc1nn(Cc2ccccc2Cl)c(C)c1C(=O)N1CCC1. The molecule has 0 saturated carbocycles. The molecule has 1 aliphatic rings. The molecule has 1 aliphatic heterocycles. The van der Waals surface area contributed by atoms with Gasteiger partial charge < -0.3 is 4.90 Å². The summed E-state index contributed by atoms with van der Waals surface area (Å²) >= 11 is 6.20. The van der Waals surface area contributed by atoms with Crippen LogP contribution in [0.2, 0.25) is 5.02 Å². The highest BCUT2D eigenvalue weighted by atomic mass is 35.5. The van der Waals surface area contributed by atoms with Crippen molar-refractivity contribution in [1.82, 2.24) is 14.7 Å². The monoisotopic (exact) mass is 303 g/mol. The van der Waals surface area contributed by atoms with Crippen LogP contribution in [0.4, 0.5) is 0 Å². The van der Waals surface area contributed by atoms with Crippen LogP contribution in [-0.4, -0.2) is 33.7 Å². The minimum absolute atomic E-state index is 0.0988. The highest BCUT2D eigenvalue weighted by Gasteiger charge is 2.27. The fourth-order valence-electron chi connectivity index (χ4n) is 2.63. The van der Waals surface area contributed by atoms with Crippen molar-refractivity contribution in [3.8, 4) is 0 Å². The van der Waals surface area contributed by atoms with E-state index in [1.807, 2.05) is 47.7 Å². The van der Waals surface area contributed by atoms with Crippen molar-refractivity contribution in [3.05, 3.63) is 51.8 Å². The zero-order valence-electron chi connectivity index (χ0n) is 12.3. The summed E-state index contributed by atoms with van der Waals surface area (Å²) in [5.74, 6) is 0.0988. The molecule has 0 N–H and O–H groups in total. The molecule has 1 aromatic carbocycles. The molecule has 0 atom stereocenters. The maximum atomic E-state index is 12.4. The summed E-state index contributed by atoms with van der Waals surface area (Å²) in [7, 11) is 0. The molecule has 1 saturated heterocycles. The van der Waals surface area contributed by atoms with Crippen LogP contribution in [0.5, 0.6) is 0 Å². The predicted octanol–water partition coefficient (Wildman–Crippen LogP) is 3.05. The van der Waals surface area contributed by atoms with E-state index in [0.717, 1.165) is 47.0 Å². The lowest BCUT2D eigenvalue weighted by Gasteiger charge is -2.30. The number of carbonyl (C=O) groups is 1. The lowest BCUT2D eigenvalue weighted by molar-refractivity contribution is 0.0650. The van der Waals surface area contributed by atoms with E-state index in [-0.39, 0.29) is 5.91 Å². The molecular formula is C16H18ClN3O. The van der Waals surface area contributed by atoms with Gasteiger partial charge in [0.2, 0.25) is 0 Å². The van der Waals surface area contributed by atoms with E-state index < -0.39 is 0 Å². The van der Waals surface area contributed by atoms with Crippen molar-refractivity contribution in [1.29, 1.82) is 0 Å². The van der Waals surface area contributed by atoms with Gasteiger partial charge in [-0.15, -0.1) is 0 Å². The first-order chi connectivity index (χ1) is 10.1. The molecule has 2 heterocycles. The van der Waals surface area contributed by atoms with E-state index in [0.29, 0.717) is 6.54 Å². The van der Waals surface area contributed by atoms with Crippen molar-refractivity contribution in [2.45, 2.75) is 26.8 Å². The average molecular weight is 304 g/mol. The van der Waals surface area contributed by atoms with Gasteiger partial charge in [0.05, 0.1) is 17.8 Å². The van der Waals surface area contributed by atoms with Gasteiger partial charge in [-0.2, -0.15) is 5.10 Å². The summed E-state index contributed by atoms with van der Waals surface area (Å²) in [6.07, 6.45) is 1.09. The molecule has 110 valence electrons. The second kappa shape index (κ2) is 5.53. The Morgan fingerprint density at radius 3 is 2.62 bits per heavy atom. The Labute approximate surface area is 129 Å². The number of likely N-dealkylation sites (tertiary alicyclic amines) is 1. The highest BCUT2D eigenvalue weighted by molar-refractivity contribution is 6.31. The third kappa shape index (κ3) is 2.56. The molecule has 3 rings (SSSR count). The molecule has 5 heteroatoms. The van der Waals surface area contributed by atoms with Gasteiger partial charge in [-0.3, -0.25) is 9.48 Å². The van der Waals surface area contributed by atoms with Gasteiger partial charge in [0.15, 0.2) is 0 Å². The van der Waals surface area contributed by atoms with Gasteiger partial charge in [-0.1, -0.05) is 29.8 Å². The Hall–Kier alpha value is -1.81. The van der Waals surface area contributed by atoms with Gasteiger partial charge in [0.1, 0.15) is 0 Å². The largest absolute Gasteiger partial charge is 0.338 e. The molecular weight excluding hydrogens is 286 g/mol. The van der Waals surface area contributed by atoms with Gasteiger partial charge in [0.25, 0.3) is 5.91 Å². The normalized spacial score (nSPS) is 14.1. The molecule has 0 unspecified atom stereocenters. The molecule has 1 amide bonds. The van der Waals surface area contributed by atoms with E-state index in [1.165, 1.54) is 0 Å². The van der Waals surface area contributed by atoms with E-state index >= 15 is 0 Å². The van der Waals surface area contributed by atoms with Crippen LogP contribution in [0.15, 0.2) is 24.3 Å². The number of aryl methyl sites for hydroxylation is 1. The maximum absolute atomic E-state index is 12.4. The predicted molar refractivity (Wildman–Crippen MR) is 82.8 cm³/mol. The molecule has 1 aromatic heterocycles. The van der Waals surface area contributed by atoms with E-state index in [2.05, 4.69) is 5.10 Å². The average Bonchev–Trinajstić information content (AvgIpc) is 2.65. The van der Waals surface area contributed by atoms with E-state index in [1.54, 1.807) is 0 Å². The summed E-state index contributed by atoms with van der Waals surface area (Å²) in [6.45, 7) is 6.13. The number of carbonyl (C=O) groups excluding carboxylic acids is 1. The van der Waals surface area contributed by atoms with Crippen LogP contribution < -0.4 is 0 Å². The summed E-state index contributed by atoms with van der Waals surface area (Å²) in [5.41, 5.74) is 3.44. The van der Waals surface area contributed by atoms with Crippen molar-refractivity contribution in [3.63, 3.8) is 0 Å². The Balaban J connectivity index is 1.91. The Morgan fingerprint density at radius 2 is 2.00 bits per heavy atom. The topological polar surface area (TPSA) is 38.1 Å². The Morgan fingerprint density at radius 1 is 1.29 bits per heavy atom. The van der Waals surface area contributed by atoms with Crippen molar-refractivity contribution in [2.24, 2.45) is 0 Å². The fourth-order valence-corrected chi connectivity index (χ4v) is 2.82. The summed E-state index contributed by atoms with van der Waals surface area (Å²) in [6, 6.07) is 7.72. The Bertz CT molecular complexity index is 689. The molecule has 0 spiro atoms. The molecule has 0 bridgehead atoms. The van der Waals surface area contributed by atoms with Crippen LogP contribution in [0.1, 0.15) is 33.7 Å². The first kappa shape index (κ1) is 14.1. The number of aromatic nitrogens is 2. The molecule has 4 nitrogen and oxygen atoms in total. The highest BCUT2D eigenvalue weighted by Crippen LogP contribution is 2.22. The fraction of sp³-hybridized carbons (Fsp3) is 0.375. The van der Waals surface area contributed by atoms with Crippen LogP contribution in [0, 0.1) is 13.8 Å². The lowest BCUT2D eigenvalue weighted by atomic mass is 10.1. The van der Waals surface area contributed by atoms with Gasteiger partial charge in [-0.05, 0) is 31.9 Å². The number of rotatable bonds is 3. The standard InChI is InChI=1S/C16H18ClN3O/c1-11-15(16(21)19-8-5-9-19)12(2)20(18-11)10-13-6-3-4-7-14(13)17/h3-4,6-7H,5,8-10H2,1-2H3. The van der Waals surface area contributed by atoms with Crippen molar-refractivity contribution >= 4 is 17.5 Å². The number of halogens is 1. The number of benzene rings is 1. The minimum atomic E-state index is 0.0988. The minimum Gasteiger partial charge on any atom is -0.338 e. The van der Waals surface area contributed by atoms with Gasteiger partial charge >= 0.3 is 0 Å². The second-order valence-corrected chi connectivity index (χ2v) is 5.85. The second-order valence-electron chi connectivity index (χ2n) is 5.44. The quantitative estimate of drug-likeness (QED) is 0.874. The number of hydrogen-bond donors (Lipinski definition) is 0. The molecule has 21 heavy (non-hydrogen) atoms. The van der Waals surface area contributed by atoms with Crippen LogP contribution in [0.3, 0.4) is 0 Å². The van der Waals surface area contributed by atoms with Crippen molar-refractivity contribution < 1.29 is 4.79 Å².